The van der Waals surface area contributed by atoms with Gasteiger partial charge in [-0.2, -0.15) is 0 Å². The summed E-state index contributed by atoms with van der Waals surface area (Å²) in [6.45, 7) is 3.54. The molecule has 0 radical (unpaired) electrons. The van der Waals surface area contributed by atoms with Gasteiger partial charge in [-0.3, -0.25) is 9.36 Å². The lowest BCUT2D eigenvalue weighted by Gasteiger charge is -2.24. The highest BCUT2D eigenvalue weighted by Gasteiger charge is 2.33. The Morgan fingerprint density at radius 2 is 2.06 bits per heavy atom. The molecule has 0 amide bonds. The SMILES string of the molecule is CCOC(=O)C1=C(C)N=c2s/c(=C\c3cc(Br)cc(I)c3O)c(=O)n2[C@H]1c1ccc(F)cc1. The van der Waals surface area contributed by atoms with Crippen molar-refractivity contribution in [2.75, 3.05) is 6.61 Å². The Labute approximate surface area is 214 Å². The topological polar surface area (TPSA) is 80.9 Å². The number of phenolic OH excluding ortho intramolecular Hbond substituents is 1. The molecule has 0 aliphatic carbocycles. The predicted octanol–water partition coefficient (Wildman–Crippen LogP) is 4.01. The molecule has 1 aliphatic rings. The number of aromatic hydroxyl groups is 1. The molecule has 170 valence electrons. The number of carbonyl (C=O) groups excluding carboxylic acids is 1. The quantitative estimate of drug-likeness (QED) is 0.345. The average Bonchev–Trinajstić information content (AvgIpc) is 3.06. The van der Waals surface area contributed by atoms with Crippen molar-refractivity contribution in [3.8, 4) is 5.75 Å². The molecule has 1 atom stereocenters. The second-order valence-corrected chi connectivity index (χ2v) is 10.3. The zero-order valence-corrected chi connectivity index (χ0v) is 22.0. The van der Waals surface area contributed by atoms with Gasteiger partial charge in [0.05, 0.1) is 32.0 Å². The summed E-state index contributed by atoms with van der Waals surface area (Å²) < 4.78 is 22.0. The summed E-state index contributed by atoms with van der Waals surface area (Å²) in [7, 11) is 0. The minimum absolute atomic E-state index is 0.0584. The maximum atomic E-state index is 13.6. The number of ether oxygens (including phenoxy) is 1. The molecule has 0 unspecified atom stereocenters. The van der Waals surface area contributed by atoms with Gasteiger partial charge in [-0.05, 0) is 72.3 Å². The van der Waals surface area contributed by atoms with Crippen molar-refractivity contribution in [1.82, 2.24) is 4.57 Å². The van der Waals surface area contributed by atoms with Crippen LogP contribution >= 0.6 is 49.9 Å². The lowest BCUT2D eigenvalue weighted by Crippen LogP contribution is -2.39. The van der Waals surface area contributed by atoms with Crippen molar-refractivity contribution in [2.24, 2.45) is 4.99 Å². The highest BCUT2D eigenvalue weighted by Crippen LogP contribution is 2.31. The van der Waals surface area contributed by atoms with Crippen molar-refractivity contribution in [2.45, 2.75) is 19.9 Å². The molecule has 3 aromatic rings. The van der Waals surface area contributed by atoms with E-state index in [0.29, 0.717) is 29.7 Å². The summed E-state index contributed by atoms with van der Waals surface area (Å²) in [5, 5.41) is 10.5. The molecule has 2 heterocycles. The number of rotatable bonds is 4. The van der Waals surface area contributed by atoms with Gasteiger partial charge in [0.2, 0.25) is 0 Å². The Morgan fingerprint density at radius 1 is 1.36 bits per heavy atom. The second kappa shape index (κ2) is 9.51. The van der Waals surface area contributed by atoms with E-state index in [9.17, 15) is 19.1 Å². The predicted molar refractivity (Wildman–Crippen MR) is 135 cm³/mol. The van der Waals surface area contributed by atoms with E-state index in [1.165, 1.54) is 28.8 Å². The van der Waals surface area contributed by atoms with Crippen LogP contribution in [0.25, 0.3) is 6.08 Å². The Kier molecular flexibility index (Phi) is 6.87. The number of hydrogen-bond donors (Lipinski definition) is 1. The van der Waals surface area contributed by atoms with Gasteiger partial charge in [-0.15, -0.1) is 0 Å². The third-order valence-corrected chi connectivity index (χ3v) is 7.31. The largest absolute Gasteiger partial charge is 0.506 e. The number of allylic oxidation sites excluding steroid dienone is 1. The molecule has 10 heteroatoms. The lowest BCUT2D eigenvalue weighted by molar-refractivity contribution is -0.139. The first-order chi connectivity index (χ1) is 15.7. The van der Waals surface area contributed by atoms with E-state index in [1.54, 1.807) is 32.1 Å². The Bertz CT molecular complexity index is 1480. The molecule has 0 saturated carbocycles. The standard InChI is InChI=1S/C23H17BrFIN2O4S/c1-3-32-22(31)18-11(2)27-23-28(19(18)12-4-6-15(25)7-5-12)21(30)17(33-23)9-13-8-14(24)10-16(26)20(13)29/h4-10,19,29H,3H2,1-2H3/b17-9-/t19-/m0/s1. The lowest BCUT2D eigenvalue weighted by atomic mass is 9.96. The number of benzene rings is 2. The normalized spacial score (nSPS) is 15.9. The minimum Gasteiger partial charge on any atom is -0.506 e. The van der Waals surface area contributed by atoms with Crippen molar-refractivity contribution in [3.05, 3.63) is 92.3 Å². The summed E-state index contributed by atoms with van der Waals surface area (Å²) >= 11 is 6.56. The summed E-state index contributed by atoms with van der Waals surface area (Å²) in [6.07, 6.45) is 1.59. The maximum absolute atomic E-state index is 13.6. The molecule has 0 spiro atoms. The van der Waals surface area contributed by atoms with Crippen LogP contribution in [0.3, 0.4) is 0 Å². The number of phenols is 1. The molecule has 0 fully saturated rings. The molecular weight excluding hydrogens is 626 g/mol. The van der Waals surface area contributed by atoms with Crippen LogP contribution in [-0.2, 0) is 9.53 Å². The number of thiazole rings is 1. The molecule has 6 nitrogen and oxygen atoms in total. The third kappa shape index (κ3) is 4.56. The number of halogens is 3. The summed E-state index contributed by atoms with van der Waals surface area (Å²) in [5.41, 5.74) is 1.30. The van der Waals surface area contributed by atoms with E-state index in [0.717, 1.165) is 15.8 Å². The zero-order chi connectivity index (χ0) is 23.9. The van der Waals surface area contributed by atoms with Crippen molar-refractivity contribution >= 4 is 61.9 Å². The van der Waals surface area contributed by atoms with E-state index in [1.807, 2.05) is 22.6 Å². The molecule has 2 aromatic carbocycles. The number of nitrogens with zero attached hydrogens (tertiary/aromatic N) is 2. The van der Waals surface area contributed by atoms with Crippen LogP contribution in [0.2, 0.25) is 0 Å². The fraction of sp³-hybridized carbons (Fsp3) is 0.174. The van der Waals surface area contributed by atoms with E-state index < -0.39 is 17.8 Å². The third-order valence-electron chi connectivity index (χ3n) is 5.05. The van der Waals surface area contributed by atoms with Gasteiger partial charge in [-0.1, -0.05) is 39.4 Å². The Hall–Kier alpha value is -2.31. The van der Waals surface area contributed by atoms with E-state index in [-0.39, 0.29) is 23.5 Å². The van der Waals surface area contributed by atoms with Crippen LogP contribution in [-0.4, -0.2) is 22.2 Å². The fourth-order valence-corrected chi connectivity index (χ4v) is 6.18. The number of esters is 1. The first kappa shape index (κ1) is 23.8. The molecule has 33 heavy (non-hydrogen) atoms. The van der Waals surface area contributed by atoms with Crippen LogP contribution in [0, 0.1) is 9.39 Å². The van der Waals surface area contributed by atoms with Gasteiger partial charge in [0.1, 0.15) is 11.6 Å². The Balaban J connectivity index is 1.98. The molecule has 1 aromatic heterocycles. The summed E-state index contributed by atoms with van der Waals surface area (Å²) in [5.74, 6) is -0.950. The van der Waals surface area contributed by atoms with Crippen LogP contribution in [0.15, 0.2) is 61.9 Å². The van der Waals surface area contributed by atoms with Crippen molar-refractivity contribution in [3.63, 3.8) is 0 Å². The first-order valence-corrected chi connectivity index (χ1v) is 12.5. The zero-order valence-electron chi connectivity index (χ0n) is 17.4. The minimum atomic E-state index is -0.820. The number of hydrogen-bond acceptors (Lipinski definition) is 6. The molecular formula is C23H17BrFIN2O4S. The molecule has 4 rings (SSSR count). The number of aromatic nitrogens is 1. The summed E-state index contributed by atoms with van der Waals surface area (Å²) in [6, 6.07) is 8.30. The van der Waals surface area contributed by atoms with Gasteiger partial charge in [0, 0.05) is 10.0 Å². The van der Waals surface area contributed by atoms with E-state index in [2.05, 4.69) is 20.9 Å². The van der Waals surface area contributed by atoms with Crippen LogP contribution in [0.1, 0.15) is 31.0 Å². The van der Waals surface area contributed by atoms with Gasteiger partial charge in [0.25, 0.3) is 5.56 Å². The average molecular weight is 643 g/mol. The van der Waals surface area contributed by atoms with Gasteiger partial charge >= 0.3 is 5.97 Å². The van der Waals surface area contributed by atoms with Gasteiger partial charge in [-0.25, -0.2) is 14.2 Å². The molecule has 1 aliphatic heterocycles. The van der Waals surface area contributed by atoms with Crippen molar-refractivity contribution in [1.29, 1.82) is 0 Å². The smallest absolute Gasteiger partial charge is 0.338 e. The van der Waals surface area contributed by atoms with E-state index in [4.69, 9.17) is 4.74 Å². The van der Waals surface area contributed by atoms with E-state index >= 15 is 0 Å². The first-order valence-electron chi connectivity index (χ1n) is 9.84. The molecule has 0 saturated heterocycles. The fourth-order valence-electron chi connectivity index (χ4n) is 3.59. The highest BCUT2D eigenvalue weighted by atomic mass is 127. The second-order valence-electron chi connectivity index (χ2n) is 7.18. The highest BCUT2D eigenvalue weighted by molar-refractivity contribution is 14.1. The maximum Gasteiger partial charge on any atom is 0.338 e. The Morgan fingerprint density at radius 3 is 2.73 bits per heavy atom. The van der Waals surface area contributed by atoms with Gasteiger partial charge < -0.3 is 9.84 Å². The molecule has 0 bridgehead atoms. The molecule has 1 N–H and O–H groups in total. The van der Waals surface area contributed by atoms with Crippen LogP contribution in [0.5, 0.6) is 5.75 Å². The van der Waals surface area contributed by atoms with Gasteiger partial charge in [0.15, 0.2) is 4.80 Å². The van der Waals surface area contributed by atoms with Crippen LogP contribution in [0.4, 0.5) is 4.39 Å². The summed E-state index contributed by atoms with van der Waals surface area (Å²) in [4.78, 5) is 31.2. The van der Waals surface area contributed by atoms with Crippen LogP contribution < -0.4 is 14.9 Å². The number of fused-ring (bicyclic) bond motifs is 1. The number of carbonyl (C=O) groups is 1. The monoisotopic (exact) mass is 642 g/mol. The van der Waals surface area contributed by atoms with Crippen molar-refractivity contribution < 1.29 is 19.0 Å².